The van der Waals surface area contributed by atoms with Crippen LogP contribution < -0.4 is 10.1 Å². The minimum atomic E-state index is -3.53. The van der Waals surface area contributed by atoms with Crippen LogP contribution >= 0.6 is 0 Å². The normalized spacial score (nSPS) is 16.4. The van der Waals surface area contributed by atoms with Crippen LogP contribution in [-0.2, 0) is 10.0 Å². The van der Waals surface area contributed by atoms with Crippen molar-refractivity contribution in [3.8, 4) is 5.75 Å². The number of ether oxygens (including phenoxy) is 1. The predicted molar refractivity (Wildman–Crippen MR) is 108 cm³/mol. The third-order valence-corrected chi connectivity index (χ3v) is 7.03. The van der Waals surface area contributed by atoms with Gasteiger partial charge in [0.15, 0.2) is 0 Å². The molecule has 28 heavy (non-hydrogen) atoms. The van der Waals surface area contributed by atoms with Crippen molar-refractivity contribution in [2.45, 2.75) is 38.1 Å². The minimum Gasteiger partial charge on any atom is -0.493 e. The van der Waals surface area contributed by atoms with Crippen molar-refractivity contribution >= 4 is 15.9 Å². The maximum absolute atomic E-state index is 12.7. The molecule has 0 spiro atoms. The molecule has 1 unspecified atom stereocenters. The second-order valence-electron chi connectivity index (χ2n) is 6.82. The highest BCUT2D eigenvalue weighted by molar-refractivity contribution is 7.89. The topological polar surface area (TPSA) is 75.7 Å². The van der Waals surface area contributed by atoms with Crippen molar-refractivity contribution in [2.24, 2.45) is 0 Å². The Morgan fingerprint density at radius 3 is 2.46 bits per heavy atom. The lowest BCUT2D eigenvalue weighted by Gasteiger charge is -2.27. The lowest BCUT2D eigenvalue weighted by Crippen LogP contribution is -2.32. The van der Waals surface area contributed by atoms with Crippen molar-refractivity contribution < 1.29 is 17.9 Å². The molecule has 1 aliphatic heterocycles. The van der Waals surface area contributed by atoms with Crippen LogP contribution in [0, 0.1) is 6.92 Å². The van der Waals surface area contributed by atoms with E-state index >= 15 is 0 Å². The molecule has 0 saturated carbocycles. The van der Waals surface area contributed by atoms with E-state index in [9.17, 15) is 13.2 Å². The number of benzene rings is 2. The molecule has 1 heterocycles. The maximum Gasteiger partial charge on any atom is 0.251 e. The maximum atomic E-state index is 12.7. The number of nitrogens with one attached hydrogen (secondary N) is 1. The summed E-state index contributed by atoms with van der Waals surface area (Å²) in [4.78, 5) is 12.9. The summed E-state index contributed by atoms with van der Waals surface area (Å²) >= 11 is 0. The molecule has 3 rings (SSSR count). The number of carbonyl (C=O) groups excluding carboxylic acids is 1. The zero-order valence-electron chi connectivity index (χ0n) is 16.4. The van der Waals surface area contributed by atoms with Gasteiger partial charge in [-0.15, -0.1) is 0 Å². The van der Waals surface area contributed by atoms with Gasteiger partial charge in [0.25, 0.3) is 5.91 Å². The van der Waals surface area contributed by atoms with Crippen molar-refractivity contribution in [1.29, 1.82) is 0 Å². The van der Waals surface area contributed by atoms with E-state index in [-0.39, 0.29) is 16.8 Å². The van der Waals surface area contributed by atoms with E-state index < -0.39 is 10.0 Å². The first-order valence-corrected chi connectivity index (χ1v) is 10.9. The van der Waals surface area contributed by atoms with Crippen LogP contribution in [-0.4, -0.2) is 38.3 Å². The summed E-state index contributed by atoms with van der Waals surface area (Å²) in [5.74, 6) is 0.564. The average molecular weight is 403 g/mol. The van der Waals surface area contributed by atoms with E-state index in [1.807, 2.05) is 25.1 Å². The quantitative estimate of drug-likeness (QED) is 0.805. The second kappa shape index (κ2) is 8.32. The molecule has 0 saturated heterocycles. The number of aryl methyl sites for hydroxylation is 1. The van der Waals surface area contributed by atoms with Gasteiger partial charge in [0.2, 0.25) is 10.0 Å². The summed E-state index contributed by atoms with van der Waals surface area (Å²) in [6.07, 6.45) is 0.691. The smallest absolute Gasteiger partial charge is 0.251 e. The number of rotatable bonds is 6. The Morgan fingerprint density at radius 1 is 1.14 bits per heavy atom. The molecular weight excluding hydrogens is 376 g/mol. The molecule has 6 nitrogen and oxygen atoms in total. The molecule has 0 fully saturated rings. The molecule has 1 N–H and O–H groups in total. The van der Waals surface area contributed by atoms with E-state index in [0.29, 0.717) is 31.7 Å². The molecule has 0 aromatic heterocycles. The van der Waals surface area contributed by atoms with Crippen LogP contribution in [0.4, 0.5) is 0 Å². The summed E-state index contributed by atoms with van der Waals surface area (Å²) in [5, 5.41) is 3.04. The second-order valence-corrected chi connectivity index (χ2v) is 8.76. The third kappa shape index (κ3) is 4.05. The number of nitrogens with zero attached hydrogens (tertiary/aromatic N) is 1. The minimum absolute atomic E-state index is 0.129. The number of hydrogen-bond acceptors (Lipinski definition) is 4. The predicted octanol–water partition coefficient (Wildman–Crippen LogP) is 3.28. The van der Waals surface area contributed by atoms with Crippen LogP contribution in [0.5, 0.6) is 5.75 Å². The van der Waals surface area contributed by atoms with Gasteiger partial charge in [-0.2, -0.15) is 4.31 Å². The van der Waals surface area contributed by atoms with Gasteiger partial charge in [0.1, 0.15) is 5.75 Å². The van der Waals surface area contributed by atoms with E-state index in [4.69, 9.17) is 4.74 Å². The zero-order valence-corrected chi connectivity index (χ0v) is 17.3. The first-order chi connectivity index (χ1) is 13.4. The Bertz CT molecular complexity index is 951. The Morgan fingerprint density at radius 2 is 1.82 bits per heavy atom. The summed E-state index contributed by atoms with van der Waals surface area (Å²) in [6, 6.07) is 11.9. The Kier molecular flexibility index (Phi) is 6.05. The highest BCUT2D eigenvalue weighted by Crippen LogP contribution is 2.32. The van der Waals surface area contributed by atoms with E-state index in [1.54, 1.807) is 26.0 Å². The van der Waals surface area contributed by atoms with Crippen LogP contribution in [0.3, 0.4) is 0 Å². The van der Waals surface area contributed by atoms with Crippen LogP contribution in [0.2, 0.25) is 0 Å². The molecule has 1 atom stereocenters. The molecule has 0 aliphatic carbocycles. The van der Waals surface area contributed by atoms with Crippen molar-refractivity contribution in [2.75, 3.05) is 19.7 Å². The molecule has 7 heteroatoms. The first kappa shape index (κ1) is 20.4. The van der Waals surface area contributed by atoms with Gasteiger partial charge in [0, 0.05) is 30.6 Å². The first-order valence-electron chi connectivity index (χ1n) is 9.51. The van der Waals surface area contributed by atoms with Gasteiger partial charge < -0.3 is 10.1 Å². The van der Waals surface area contributed by atoms with Gasteiger partial charge >= 0.3 is 0 Å². The number of amides is 1. The molecule has 0 radical (unpaired) electrons. The third-order valence-electron chi connectivity index (χ3n) is 4.97. The highest BCUT2D eigenvalue weighted by atomic mass is 32.2. The van der Waals surface area contributed by atoms with Gasteiger partial charge in [-0.25, -0.2) is 8.42 Å². The number of sulfonamides is 1. The van der Waals surface area contributed by atoms with Crippen molar-refractivity contribution in [3.05, 3.63) is 59.2 Å². The number of fused-ring (bicyclic) bond motifs is 1. The SMILES string of the molecule is CCN(CC)S(=O)(=O)c1ccc(C(=O)NC2CCOc3ccc(C)cc32)cc1. The molecule has 0 bridgehead atoms. The molecule has 2 aromatic rings. The largest absolute Gasteiger partial charge is 0.493 e. The summed E-state index contributed by atoms with van der Waals surface area (Å²) < 4.78 is 32.2. The van der Waals surface area contributed by atoms with Crippen molar-refractivity contribution in [1.82, 2.24) is 9.62 Å². The fraction of sp³-hybridized carbons (Fsp3) is 0.381. The van der Waals surface area contributed by atoms with Gasteiger partial charge in [0.05, 0.1) is 17.5 Å². The Hall–Kier alpha value is -2.38. The summed E-state index contributed by atoms with van der Waals surface area (Å²) in [6.45, 7) is 6.96. The van der Waals surface area contributed by atoms with Gasteiger partial charge in [-0.05, 0) is 37.3 Å². The molecule has 150 valence electrons. The van der Waals surface area contributed by atoms with Crippen molar-refractivity contribution in [3.63, 3.8) is 0 Å². The number of carbonyl (C=O) groups is 1. The summed E-state index contributed by atoms with van der Waals surface area (Å²) in [7, 11) is -3.53. The molecule has 1 amide bonds. The van der Waals surface area contributed by atoms with Crippen LogP contribution in [0.25, 0.3) is 0 Å². The number of hydrogen-bond donors (Lipinski definition) is 1. The van der Waals surface area contributed by atoms with Gasteiger partial charge in [-0.1, -0.05) is 31.5 Å². The summed E-state index contributed by atoms with van der Waals surface area (Å²) in [5.41, 5.74) is 2.51. The lowest BCUT2D eigenvalue weighted by atomic mass is 9.98. The van der Waals surface area contributed by atoms with Crippen LogP contribution in [0.1, 0.15) is 47.8 Å². The zero-order chi connectivity index (χ0) is 20.3. The fourth-order valence-corrected chi connectivity index (χ4v) is 4.85. The van der Waals surface area contributed by atoms with E-state index in [1.165, 1.54) is 16.4 Å². The lowest BCUT2D eigenvalue weighted by molar-refractivity contribution is 0.0924. The van der Waals surface area contributed by atoms with E-state index in [2.05, 4.69) is 5.32 Å². The average Bonchev–Trinajstić information content (AvgIpc) is 2.69. The standard InChI is InChI=1S/C21H26N2O4S/c1-4-23(5-2)28(25,26)17-9-7-16(8-10-17)21(24)22-19-12-13-27-20-11-6-15(3)14-18(19)20/h6-11,14,19H,4-5,12-13H2,1-3H3,(H,22,24). The Balaban J connectivity index is 1.77. The Labute approximate surface area is 166 Å². The fourth-order valence-electron chi connectivity index (χ4n) is 3.40. The monoisotopic (exact) mass is 402 g/mol. The van der Waals surface area contributed by atoms with E-state index in [0.717, 1.165) is 16.9 Å². The van der Waals surface area contributed by atoms with Gasteiger partial charge in [-0.3, -0.25) is 4.79 Å². The molecular formula is C21H26N2O4S. The molecule has 2 aromatic carbocycles. The molecule has 1 aliphatic rings. The highest BCUT2D eigenvalue weighted by Gasteiger charge is 2.25. The van der Waals surface area contributed by atoms with Crippen LogP contribution in [0.15, 0.2) is 47.4 Å².